The van der Waals surface area contributed by atoms with Gasteiger partial charge in [-0.15, -0.1) is 0 Å². The number of benzene rings is 1. The standard InChI is InChI=1S/C17H20N2O4/c20-16(18-8-4-5-9-18)14-15-17(21)19(11-13(22-14)23-15)10-12-6-2-1-3-7-12/h1-3,6-7,13-15H,4-5,8-11H2/t13-,14+,15-/m0/s1. The Hall–Kier alpha value is -1.92. The number of fused-ring (bicyclic) bond motifs is 2. The minimum Gasteiger partial charge on any atom is -0.340 e. The monoisotopic (exact) mass is 316 g/mol. The molecule has 3 fully saturated rings. The number of nitrogens with zero attached hydrogens (tertiary/aromatic N) is 2. The van der Waals surface area contributed by atoms with Gasteiger partial charge in [-0.05, 0) is 18.4 Å². The molecule has 0 unspecified atom stereocenters. The second kappa shape index (κ2) is 5.94. The van der Waals surface area contributed by atoms with E-state index in [0.29, 0.717) is 13.1 Å². The lowest BCUT2D eigenvalue weighted by Crippen LogP contribution is -2.51. The van der Waals surface area contributed by atoms with Gasteiger partial charge in [-0.3, -0.25) is 9.59 Å². The van der Waals surface area contributed by atoms with Crippen molar-refractivity contribution in [3.8, 4) is 0 Å². The number of amides is 2. The van der Waals surface area contributed by atoms with Crippen LogP contribution in [0.2, 0.25) is 0 Å². The molecule has 6 nitrogen and oxygen atoms in total. The summed E-state index contributed by atoms with van der Waals surface area (Å²) in [7, 11) is 0. The fourth-order valence-corrected chi connectivity index (χ4v) is 3.48. The first kappa shape index (κ1) is 14.7. The maximum atomic E-state index is 12.7. The molecule has 1 aromatic rings. The lowest BCUT2D eigenvalue weighted by molar-refractivity contribution is -0.162. The smallest absolute Gasteiger partial charge is 0.255 e. The van der Waals surface area contributed by atoms with Gasteiger partial charge in [0, 0.05) is 19.6 Å². The van der Waals surface area contributed by atoms with Gasteiger partial charge in [-0.25, -0.2) is 0 Å². The summed E-state index contributed by atoms with van der Waals surface area (Å²) in [4.78, 5) is 28.7. The van der Waals surface area contributed by atoms with E-state index in [-0.39, 0.29) is 11.8 Å². The number of hydrogen-bond donors (Lipinski definition) is 0. The molecule has 2 bridgehead atoms. The summed E-state index contributed by atoms with van der Waals surface area (Å²) in [6.07, 6.45) is -0.0573. The Morgan fingerprint density at radius 3 is 2.61 bits per heavy atom. The Morgan fingerprint density at radius 2 is 1.87 bits per heavy atom. The van der Waals surface area contributed by atoms with Gasteiger partial charge in [0.15, 0.2) is 18.5 Å². The van der Waals surface area contributed by atoms with Crippen molar-refractivity contribution in [2.75, 3.05) is 19.6 Å². The van der Waals surface area contributed by atoms with E-state index in [4.69, 9.17) is 9.47 Å². The van der Waals surface area contributed by atoms with Gasteiger partial charge in [0.2, 0.25) is 0 Å². The lowest BCUT2D eigenvalue weighted by Gasteiger charge is -2.30. The highest BCUT2D eigenvalue weighted by Gasteiger charge is 2.52. The van der Waals surface area contributed by atoms with E-state index in [1.54, 1.807) is 9.80 Å². The zero-order valence-electron chi connectivity index (χ0n) is 12.9. The van der Waals surface area contributed by atoms with E-state index in [0.717, 1.165) is 31.5 Å². The molecule has 3 saturated heterocycles. The number of carbonyl (C=O) groups excluding carboxylic acids is 2. The highest BCUT2D eigenvalue weighted by Crippen LogP contribution is 2.29. The molecule has 0 spiro atoms. The minimum atomic E-state index is -0.800. The third kappa shape index (κ3) is 2.72. The van der Waals surface area contributed by atoms with Crippen LogP contribution in [0.15, 0.2) is 30.3 Å². The molecule has 3 atom stereocenters. The normalized spacial score (nSPS) is 30.1. The van der Waals surface area contributed by atoms with Gasteiger partial charge in [-0.1, -0.05) is 30.3 Å². The van der Waals surface area contributed by atoms with Crippen molar-refractivity contribution in [2.24, 2.45) is 0 Å². The predicted octanol–water partition coefficient (Wildman–Crippen LogP) is 0.761. The minimum absolute atomic E-state index is 0.107. The van der Waals surface area contributed by atoms with Crippen molar-refractivity contribution in [3.05, 3.63) is 35.9 Å². The summed E-state index contributed by atoms with van der Waals surface area (Å²) >= 11 is 0. The SMILES string of the molecule is O=C1[C@H]2O[C@@H](CN1Cc1ccccc1)O[C@H]2C(=O)N1CCCC1. The molecule has 0 saturated carbocycles. The van der Waals surface area contributed by atoms with Crippen molar-refractivity contribution in [3.63, 3.8) is 0 Å². The van der Waals surface area contributed by atoms with Crippen molar-refractivity contribution >= 4 is 11.8 Å². The van der Waals surface area contributed by atoms with Gasteiger partial charge >= 0.3 is 0 Å². The van der Waals surface area contributed by atoms with Gasteiger partial charge in [0.05, 0.1) is 6.54 Å². The van der Waals surface area contributed by atoms with Gasteiger partial charge < -0.3 is 19.3 Å². The molecule has 2 amide bonds. The summed E-state index contributed by atoms with van der Waals surface area (Å²) in [6.45, 7) is 2.38. The van der Waals surface area contributed by atoms with E-state index in [9.17, 15) is 9.59 Å². The number of rotatable bonds is 3. The lowest BCUT2D eigenvalue weighted by atomic mass is 10.1. The second-order valence-electron chi connectivity index (χ2n) is 6.28. The first-order valence-electron chi connectivity index (χ1n) is 8.15. The molecule has 3 aliphatic heterocycles. The summed E-state index contributed by atoms with van der Waals surface area (Å²) in [6, 6.07) is 9.81. The van der Waals surface area contributed by atoms with Crippen LogP contribution in [0.5, 0.6) is 0 Å². The van der Waals surface area contributed by atoms with Crippen LogP contribution in [-0.4, -0.2) is 59.7 Å². The van der Waals surface area contributed by atoms with Crippen LogP contribution in [0.4, 0.5) is 0 Å². The largest absolute Gasteiger partial charge is 0.340 e. The second-order valence-corrected chi connectivity index (χ2v) is 6.28. The number of hydrogen-bond acceptors (Lipinski definition) is 4. The number of morpholine rings is 1. The van der Waals surface area contributed by atoms with E-state index in [2.05, 4.69) is 0 Å². The Labute approximate surface area is 134 Å². The Kier molecular flexibility index (Phi) is 3.79. The topological polar surface area (TPSA) is 59.1 Å². The highest BCUT2D eigenvalue weighted by molar-refractivity contribution is 5.92. The maximum absolute atomic E-state index is 12.7. The first-order valence-corrected chi connectivity index (χ1v) is 8.15. The van der Waals surface area contributed by atoms with Crippen molar-refractivity contribution < 1.29 is 19.1 Å². The third-order valence-electron chi connectivity index (χ3n) is 4.67. The summed E-state index contributed by atoms with van der Waals surface area (Å²) in [5.41, 5.74) is 1.06. The molecule has 23 heavy (non-hydrogen) atoms. The summed E-state index contributed by atoms with van der Waals surface area (Å²) < 4.78 is 11.3. The number of carbonyl (C=O) groups is 2. The van der Waals surface area contributed by atoms with E-state index < -0.39 is 18.5 Å². The molecule has 0 N–H and O–H groups in total. The Morgan fingerprint density at radius 1 is 1.13 bits per heavy atom. The van der Waals surface area contributed by atoms with Crippen LogP contribution in [0, 0.1) is 0 Å². The van der Waals surface area contributed by atoms with Crippen molar-refractivity contribution in [2.45, 2.75) is 37.9 Å². The zero-order chi connectivity index (χ0) is 15.8. The molecule has 3 heterocycles. The van der Waals surface area contributed by atoms with Crippen molar-refractivity contribution in [1.29, 1.82) is 0 Å². The van der Waals surface area contributed by atoms with Crippen LogP contribution in [-0.2, 0) is 25.6 Å². The van der Waals surface area contributed by atoms with Crippen molar-refractivity contribution in [1.82, 2.24) is 9.80 Å². The van der Waals surface area contributed by atoms with Gasteiger partial charge in [0.1, 0.15) is 0 Å². The Balaban J connectivity index is 1.47. The van der Waals surface area contributed by atoms with Crippen LogP contribution < -0.4 is 0 Å². The van der Waals surface area contributed by atoms with Crippen LogP contribution >= 0.6 is 0 Å². The molecule has 6 heteroatoms. The van der Waals surface area contributed by atoms with Crippen LogP contribution in [0.3, 0.4) is 0 Å². The molecule has 122 valence electrons. The molecular weight excluding hydrogens is 296 g/mol. The average molecular weight is 316 g/mol. The zero-order valence-corrected chi connectivity index (χ0v) is 12.9. The predicted molar refractivity (Wildman–Crippen MR) is 81.2 cm³/mol. The molecule has 4 rings (SSSR count). The first-order chi connectivity index (χ1) is 11.2. The molecule has 1 aromatic carbocycles. The van der Waals surface area contributed by atoms with Gasteiger partial charge in [0.25, 0.3) is 11.8 Å². The third-order valence-corrected chi connectivity index (χ3v) is 4.67. The molecule has 3 aliphatic rings. The fraction of sp³-hybridized carbons (Fsp3) is 0.529. The summed E-state index contributed by atoms with van der Waals surface area (Å²) in [5.74, 6) is -0.259. The number of likely N-dealkylation sites (tertiary alicyclic amines) is 1. The summed E-state index contributed by atoms with van der Waals surface area (Å²) in [5, 5.41) is 0. The fourth-order valence-electron chi connectivity index (χ4n) is 3.48. The van der Waals surface area contributed by atoms with E-state index in [1.807, 2.05) is 30.3 Å². The maximum Gasteiger partial charge on any atom is 0.255 e. The number of ether oxygens (including phenoxy) is 2. The molecule has 0 aliphatic carbocycles. The molecule has 0 aromatic heterocycles. The van der Waals surface area contributed by atoms with Crippen LogP contribution in [0.1, 0.15) is 18.4 Å². The quantitative estimate of drug-likeness (QED) is 0.826. The molecular formula is C17H20N2O4. The van der Waals surface area contributed by atoms with Gasteiger partial charge in [-0.2, -0.15) is 0 Å². The Bertz CT molecular complexity index is 600. The van der Waals surface area contributed by atoms with Crippen LogP contribution in [0.25, 0.3) is 0 Å². The average Bonchev–Trinajstić information content (AvgIpc) is 3.21. The molecule has 0 radical (unpaired) electrons. The highest BCUT2D eigenvalue weighted by atomic mass is 16.7. The van der Waals surface area contributed by atoms with E-state index in [1.165, 1.54) is 0 Å². The van der Waals surface area contributed by atoms with E-state index >= 15 is 0 Å².